The number of hydrogen-bond donors (Lipinski definition) is 0. The minimum atomic E-state index is 0.868. The third-order valence-corrected chi connectivity index (χ3v) is 5.08. The van der Waals surface area contributed by atoms with Gasteiger partial charge in [-0.2, -0.15) is 0 Å². The maximum absolute atomic E-state index is 4.28. The highest BCUT2D eigenvalue weighted by molar-refractivity contribution is 8.76. The first-order chi connectivity index (χ1) is 6.45. The summed E-state index contributed by atoms with van der Waals surface area (Å²) in [5.41, 5.74) is 0. The number of aromatic nitrogens is 1. The molecule has 0 saturated heterocycles. The molecule has 0 spiro atoms. The topological polar surface area (TPSA) is 12.9 Å². The molecule has 0 amide bonds. The zero-order valence-corrected chi connectivity index (χ0v) is 9.11. The predicted octanol–water partition coefficient (Wildman–Crippen LogP) is 3.76. The molecule has 0 aliphatic heterocycles. The quantitative estimate of drug-likeness (QED) is 0.706. The Morgan fingerprint density at radius 2 is 2.08 bits per heavy atom. The Kier molecular flexibility index (Phi) is 3.56. The molecule has 13 heavy (non-hydrogen) atoms. The number of rotatable bonds is 3. The first-order valence-electron chi connectivity index (χ1n) is 4.69. The molecule has 1 aliphatic rings. The van der Waals surface area contributed by atoms with E-state index in [1.165, 1.54) is 25.7 Å². The van der Waals surface area contributed by atoms with Gasteiger partial charge in [0.25, 0.3) is 0 Å². The summed E-state index contributed by atoms with van der Waals surface area (Å²) in [7, 11) is 3.81. The molecule has 1 saturated carbocycles. The van der Waals surface area contributed by atoms with Gasteiger partial charge in [0.1, 0.15) is 5.03 Å². The summed E-state index contributed by atoms with van der Waals surface area (Å²) in [4.78, 5) is 4.28. The molecule has 70 valence electrons. The molecule has 1 aliphatic carbocycles. The van der Waals surface area contributed by atoms with Gasteiger partial charge in [-0.3, -0.25) is 0 Å². The highest BCUT2D eigenvalue weighted by Gasteiger charge is 2.15. The summed E-state index contributed by atoms with van der Waals surface area (Å²) in [5.74, 6) is 0. The largest absolute Gasteiger partial charge is 0.249 e. The third kappa shape index (κ3) is 2.92. The van der Waals surface area contributed by atoms with Crippen molar-refractivity contribution in [3.63, 3.8) is 0 Å². The van der Waals surface area contributed by atoms with Crippen molar-refractivity contribution in [3.05, 3.63) is 24.4 Å². The van der Waals surface area contributed by atoms with Crippen LogP contribution in [0.15, 0.2) is 29.4 Å². The van der Waals surface area contributed by atoms with E-state index in [0.717, 1.165) is 10.3 Å². The molecule has 1 aromatic rings. The summed E-state index contributed by atoms with van der Waals surface area (Å²) in [6, 6.07) is 6.08. The highest BCUT2D eigenvalue weighted by atomic mass is 33.1. The summed E-state index contributed by atoms with van der Waals surface area (Å²) >= 11 is 0. The SMILES string of the molecule is c1ccc(SSC2CCCC2)nc1. The van der Waals surface area contributed by atoms with E-state index in [4.69, 9.17) is 0 Å². The van der Waals surface area contributed by atoms with Gasteiger partial charge in [-0.25, -0.2) is 4.98 Å². The smallest absolute Gasteiger partial charge is 0.106 e. The van der Waals surface area contributed by atoms with Crippen molar-refractivity contribution in [2.75, 3.05) is 0 Å². The van der Waals surface area contributed by atoms with Gasteiger partial charge in [-0.15, -0.1) is 0 Å². The summed E-state index contributed by atoms with van der Waals surface area (Å²) in [5, 5.41) is 2.01. The van der Waals surface area contributed by atoms with Gasteiger partial charge < -0.3 is 0 Å². The fourth-order valence-electron chi connectivity index (χ4n) is 1.50. The number of nitrogens with zero attached hydrogens (tertiary/aromatic N) is 1. The van der Waals surface area contributed by atoms with Crippen LogP contribution in [0.5, 0.6) is 0 Å². The Morgan fingerprint density at radius 3 is 2.77 bits per heavy atom. The average molecular weight is 211 g/mol. The molecule has 0 atom stereocenters. The van der Waals surface area contributed by atoms with Crippen LogP contribution < -0.4 is 0 Å². The molecule has 2 rings (SSSR count). The monoisotopic (exact) mass is 211 g/mol. The second-order valence-corrected chi connectivity index (χ2v) is 5.78. The lowest BCUT2D eigenvalue weighted by Gasteiger charge is -2.05. The predicted molar refractivity (Wildman–Crippen MR) is 59.9 cm³/mol. The second kappa shape index (κ2) is 4.91. The molecular formula is C10H13NS2. The molecule has 1 nitrogen and oxygen atoms in total. The van der Waals surface area contributed by atoms with E-state index in [0.29, 0.717) is 0 Å². The number of pyridine rings is 1. The van der Waals surface area contributed by atoms with Gasteiger partial charge in [0.2, 0.25) is 0 Å². The van der Waals surface area contributed by atoms with E-state index in [1.54, 1.807) is 0 Å². The van der Waals surface area contributed by atoms with E-state index in [2.05, 4.69) is 11.1 Å². The normalized spacial score (nSPS) is 17.8. The van der Waals surface area contributed by atoms with Crippen molar-refractivity contribution in [3.8, 4) is 0 Å². The molecule has 3 heteroatoms. The van der Waals surface area contributed by atoms with Crippen LogP contribution in [0.1, 0.15) is 25.7 Å². The molecule has 1 aromatic heterocycles. The standard InChI is InChI=1S/C10H13NS2/c1-2-6-9(5-1)12-13-10-7-3-4-8-11-10/h3-4,7-9H,1-2,5-6H2. The van der Waals surface area contributed by atoms with E-state index in [-0.39, 0.29) is 0 Å². The summed E-state index contributed by atoms with van der Waals surface area (Å²) in [6.45, 7) is 0. The lowest BCUT2D eigenvalue weighted by Crippen LogP contribution is -1.89. The van der Waals surface area contributed by atoms with Gasteiger partial charge >= 0.3 is 0 Å². The zero-order valence-electron chi connectivity index (χ0n) is 7.48. The van der Waals surface area contributed by atoms with Crippen molar-refractivity contribution in [1.82, 2.24) is 4.98 Å². The fraction of sp³-hybridized carbons (Fsp3) is 0.500. The van der Waals surface area contributed by atoms with E-state index < -0.39 is 0 Å². The van der Waals surface area contributed by atoms with E-state index in [1.807, 2.05) is 39.9 Å². The van der Waals surface area contributed by atoms with Crippen molar-refractivity contribution < 1.29 is 0 Å². The van der Waals surface area contributed by atoms with Gasteiger partial charge in [0.05, 0.1) is 0 Å². The Morgan fingerprint density at radius 1 is 1.23 bits per heavy atom. The maximum atomic E-state index is 4.28. The first-order valence-corrected chi connectivity index (χ1v) is 6.91. The second-order valence-electron chi connectivity index (χ2n) is 3.25. The molecule has 1 fully saturated rings. The minimum absolute atomic E-state index is 0.868. The van der Waals surface area contributed by atoms with Crippen molar-refractivity contribution >= 4 is 21.6 Å². The van der Waals surface area contributed by atoms with Crippen LogP contribution in [-0.4, -0.2) is 10.2 Å². The van der Waals surface area contributed by atoms with E-state index >= 15 is 0 Å². The van der Waals surface area contributed by atoms with Crippen molar-refractivity contribution in [1.29, 1.82) is 0 Å². The van der Waals surface area contributed by atoms with Crippen LogP contribution in [0.2, 0.25) is 0 Å². The van der Waals surface area contributed by atoms with Gasteiger partial charge in [-0.1, -0.05) is 29.7 Å². The van der Waals surface area contributed by atoms with Gasteiger partial charge in [-0.05, 0) is 35.8 Å². The minimum Gasteiger partial charge on any atom is -0.249 e. The molecular weight excluding hydrogens is 198 g/mol. The highest BCUT2D eigenvalue weighted by Crippen LogP contribution is 2.40. The van der Waals surface area contributed by atoms with Crippen LogP contribution in [0.4, 0.5) is 0 Å². The van der Waals surface area contributed by atoms with Crippen LogP contribution >= 0.6 is 21.6 Å². The van der Waals surface area contributed by atoms with Crippen LogP contribution in [0, 0.1) is 0 Å². The lowest BCUT2D eigenvalue weighted by atomic mass is 10.4. The molecule has 0 unspecified atom stereocenters. The molecule has 0 bridgehead atoms. The molecule has 0 aromatic carbocycles. The van der Waals surface area contributed by atoms with Gasteiger partial charge in [0, 0.05) is 11.4 Å². The van der Waals surface area contributed by atoms with Crippen LogP contribution in [0.25, 0.3) is 0 Å². The lowest BCUT2D eigenvalue weighted by molar-refractivity contribution is 0.886. The zero-order chi connectivity index (χ0) is 8.93. The summed E-state index contributed by atoms with van der Waals surface area (Å²) < 4.78 is 0. The average Bonchev–Trinajstić information content (AvgIpc) is 2.69. The number of hydrogen-bond acceptors (Lipinski definition) is 3. The summed E-state index contributed by atoms with van der Waals surface area (Å²) in [6.07, 6.45) is 7.48. The Bertz CT molecular complexity index is 244. The molecule has 0 radical (unpaired) electrons. The molecule has 1 heterocycles. The van der Waals surface area contributed by atoms with E-state index in [9.17, 15) is 0 Å². The molecule has 0 N–H and O–H groups in total. The van der Waals surface area contributed by atoms with Crippen molar-refractivity contribution in [2.45, 2.75) is 36.0 Å². The fourth-order valence-corrected chi connectivity index (χ4v) is 4.07. The van der Waals surface area contributed by atoms with Gasteiger partial charge in [0.15, 0.2) is 0 Å². The maximum Gasteiger partial charge on any atom is 0.106 e. The Hall–Kier alpha value is -0.150. The van der Waals surface area contributed by atoms with Crippen LogP contribution in [-0.2, 0) is 0 Å². The Balaban J connectivity index is 1.79. The Labute approximate surface area is 87.1 Å². The third-order valence-electron chi connectivity index (χ3n) is 2.21. The van der Waals surface area contributed by atoms with Crippen molar-refractivity contribution in [2.24, 2.45) is 0 Å². The van der Waals surface area contributed by atoms with Crippen LogP contribution in [0.3, 0.4) is 0 Å². The first kappa shape index (κ1) is 9.41.